The van der Waals surface area contributed by atoms with Gasteiger partial charge in [0.1, 0.15) is 0 Å². The number of nitrogens with zero attached hydrogens (tertiary/aromatic N) is 1. The van der Waals surface area contributed by atoms with Crippen molar-refractivity contribution in [2.24, 2.45) is 11.8 Å². The van der Waals surface area contributed by atoms with E-state index in [-0.39, 0.29) is 11.5 Å². The van der Waals surface area contributed by atoms with Gasteiger partial charge in [-0.25, -0.2) is 0 Å². The average molecular weight is 489 g/mol. The fourth-order valence-corrected chi connectivity index (χ4v) is 7.66. The van der Waals surface area contributed by atoms with Crippen LogP contribution >= 0.6 is 11.8 Å². The van der Waals surface area contributed by atoms with Crippen molar-refractivity contribution in [3.8, 4) is 0 Å². The van der Waals surface area contributed by atoms with Gasteiger partial charge in [-0.1, -0.05) is 74.3 Å². The Morgan fingerprint density at radius 3 is 2.06 bits per heavy atom. The Morgan fingerprint density at radius 2 is 1.55 bits per heavy atom. The van der Waals surface area contributed by atoms with Crippen molar-refractivity contribution in [2.75, 3.05) is 20.6 Å². The van der Waals surface area contributed by atoms with Crippen molar-refractivity contribution in [1.29, 1.82) is 0 Å². The third-order valence-corrected chi connectivity index (χ3v) is 9.08. The lowest BCUT2D eigenvalue weighted by atomic mass is 9.71. The third-order valence-electron chi connectivity index (χ3n) is 7.30. The van der Waals surface area contributed by atoms with Gasteiger partial charge in [-0.15, -0.1) is 0 Å². The summed E-state index contributed by atoms with van der Waals surface area (Å²) < 4.78 is 31.3. The molecule has 0 aromatic heterocycles. The highest BCUT2D eigenvalue weighted by Crippen LogP contribution is 2.61. The van der Waals surface area contributed by atoms with Gasteiger partial charge in [0.15, 0.2) is 0 Å². The highest BCUT2D eigenvalue weighted by atomic mass is 32.2. The maximum absolute atomic E-state index is 10.3. The van der Waals surface area contributed by atoms with E-state index in [1.165, 1.54) is 40.3 Å². The van der Waals surface area contributed by atoms with Gasteiger partial charge in [0.05, 0.1) is 0 Å². The average Bonchev–Trinajstić information content (AvgIpc) is 3.53. The quantitative estimate of drug-likeness (QED) is 0.554. The molecule has 7 heteroatoms. The van der Waals surface area contributed by atoms with E-state index >= 15 is 0 Å². The summed E-state index contributed by atoms with van der Waals surface area (Å²) >= 11 is 1.93. The van der Waals surface area contributed by atoms with Gasteiger partial charge in [-0.05, 0) is 68.5 Å². The molecule has 0 amide bonds. The minimum Gasteiger partial charge on any atom is -0.309 e. The molecule has 180 valence electrons. The van der Waals surface area contributed by atoms with Crippen LogP contribution in [0.15, 0.2) is 58.3 Å². The van der Waals surface area contributed by atoms with E-state index in [9.17, 15) is 8.42 Å². The molecule has 2 aromatic carbocycles. The smallest absolute Gasteiger partial charge is 0.309 e. The molecule has 2 aliphatic carbocycles. The number of rotatable bonds is 5. The van der Waals surface area contributed by atoms with Gasteiger partial charge >= 0.3 is 10.3 Å². The standard InChI is InChI=1S/C20H23NS.C6H13NO3S/c1-20(17-12-14(17)13-21(2)3)15-8-4-6-10-18(15)22-19-11-7-5-9-16(19)20;8-11(9,10)7-6-4-2-1-3-5-6/h4-11,14,17H,12-13H2,1-3H3;6-7H,1-5H2,(H,8,9,10)/t14-,17+;/m0./s1. The van der Waals surface area contributed by atoms with Crippen LogP contribution in [0.5, 0.6) is 0 Å². The molecule has 2 aromatic rings. The van der Waals surface area contributed by atoms with E-state index in [2.05, 4.69) is 79.2 Å². The summed E-state index contributed by atoms with van der Waals surface area (Å²) in [5.74, 6) is 1.59. The van der Waals surface area contributed by atoms with E-state index in [1.54, 1.807) is 0 Å². The van der Waals surface area contributed by atoms with Crippen molar-refractivity contribution in [2.45, 2.75) is 66.7 Å². The molecule has 1 heterocycles. The first-order valence-corrected chi connectivity index (χ1v) is 14.2. The zero-order valence-corrected chi connectivity index (χ0v) is 21.5. The first-order chi connectivity index (χ1) is 15.7. The molecule has 0 saturated heterocycles. The minimum absolute atomic E-state index is 0.0428. The lowest BCUT2D eigenvalue weighted by Crippen LogP contribution is -2.35. The van der Waals surface area contributed by atoms with Gasteiger partial charge in [0.25, 0.3) is 0 Å². The summed E-state index contributed by atoms with van der Waals surface area (Å²) in [6, 6.07) is 18.0. The summed E-state index contributed by atoms with van der Waals surface area (Å²) in [4.78, 5) is 5.22. The first-order valence-electron chi connectivity index (χ1n) is 11.9. The molecule has 0 spiro atoms. The van der Waals surface area contributed by atoms with E-state index in [4.69, 9.17) is 4.55 Å². The van der Waals surface area contributed by atoms with Gasteiger partial charge in [0.2, 0.25) is 0 Å². The van der Waals surface area contributed by atoms with Crippen LogP contribution < -0.4 is 4.72 Å². The maximum atomic E-state index is 10.3. The first kappa shape index (κ1) is 24.7. The second-order valence-electron chi connectivity index (χ2n) is 10.1. The number of hydrogen-bond acceptors (Lipinski definition) is 4. The Bertz CT molecular complexity index is 1020. The molecule has 2 atom stereocenters. The van der Waals surface area contributed by atoms with Crippen LogP contribution in [0, 0.1) is 11.8 Å². The summed E-state index contributed by atoms with van der Waals surface area (Å²) in [5.41, 5.74) is 3.23. The van der Waals surface area contributed by atoms with Gasteiger partial charge in [0, 0.05) is 27.8 Å². The van der Waals surface area contributed by atoms with E-state index in [0.717, 1.165) is 37.5 Å². The Morgan fingerprint density at radius 1 is 1.00 bits per heavy atom. The van der Waals surface area contributed by atoms with Crippen molar-refractivity contribution >= 4 is 22.1 Å². The largest absolute Gasteiger partial charge is 0.333 e. The molecule has 2 saturated carbocycles. The molecule has 33 heavy (non-hydrogen) atoms. The molecular formula is C26H36N2O3S2. The number of fused-ring (bicyclic) bond motifs is 2. The van der Waals surface area contributed by atoms with Crippen LogP contribution in [-0.2, 0) is 15.7 Å². The van der Waals surface area contributed by atoms with Crippen LogP contribution in [-0.4, -0.2) is 44.6 Å². The number of hydrogen-bond donors (Lipinski definition) is 2. The topological polar surface area (TPSA) is 69.6 Å². The third kappa shape index (κ3) is 5.82. The zero-order chi connectivity index (χ0) is 23.6. The molecule has 5 nitrogen and oxygen atoms in total. The van der Waals surface area contributed by atoms with Gasteiger partial charge < -0.3 is 4.90 Å². The van der Waals surface area contributed by atoms with E-state index in [1.807, 2.05) is 11.8 Å². The Hall–Kier alpha value is -1.38. The van der Waals surface area contributed by atoms with Crippen molar-refractivity contribution in [3.05, 3.63) is 59.7 Å². The lowest BCUT2D eigenvalue weighted by molar-refractivity contribution is 0.351. The fraction of sp³-hybridized carbons (Fsp3) is 0.538. The van der Waals surface area contributed by atoms with Crippen LogP contribution in [0.25, 0.3) is 0 Å². The lowest BCUT2D eigenvalue weighted by Gasteiger charge is -2.38. The summed E-state index contributed by atoms with van der Waals surface area (Å²) in [7, 11) is 0.408. The molecule has 3 aliphatic rings. The van der Waals surface area contributed by atoms with Gasteiger partial charge in [-0.2, -0.15) is 13.1 Å². The number of benzene rings is 2. The molecule has 0 bridgehead atoms. The monoisotopic (exact) mass is 488 g/mol. The predicted molar refractivity (Wildman–Crippen MR) is 135 cm³/mol. The van der Waals surface area contributed by atoms with Crippen LogP contribution in [0.3, 0.4) is 0 Å². The molecule has 5 rings (SSSR count). The molecule has 2 N–H and O–H groups in total. The highest BCUT2D eigenvalue weighted by Gasteiger charge is 2.54. The number of nitrogens with one attached hydrogen (secondary N) is 1. The van der Waals surface area contributed by atoms with Crippen LogP contribution in [0.2, 0.25) is 0 Å². The highest BCUT2D eigenvalue weighted by molar-refractivity contribution is 7.99. The zero-order valence-electron chi connectivity index (χ0n) is 19.8. The normalized spacial score (nSPS) is 23.8. The SMILES string of the molecule is CN(C)C[C@@H]1C[C@H]1C1(C)c2ccccc2Sc2ccccc21.O=S(=O)(O)NC1CCCCC1. The molecular weight excluding hydrogens is 452 g/mol. The summed E-state index contributed by atoms with van der Waals surface area (Å²) in [6.07, 6.45) is 6.31. The van der Waals surface area contributed by atoms with E-state index < -0.39 is 10.3 Å². The Labute approximate surface area is 203 Å². The van der Waals surface area contributed by atoms with Crippen molar-refractivity contribution in [3.63, 3.8) is 0 Å². The Kier molecular flexibility index (Phi) is 7.56. The fourth-order valence-electron chi connectivity index (χ4n) is 5.69. The summed E-state index contributed by atoms with van der Waals surface area (Å²) in [5, 5.41) is 0. The summed E-state index contributed by atoms with van der Waals surface area (Å²) in [6.45, 7) is 3.68. The predicted octanol–water partition coefficient (Wildman–Crippen LogP) is 5.37. The second-order valence-corrected chi connectivity index (χ2v) is 12.4. The maximum Gasteiger partial charge on any atom is 0.333 e. The minimum atomic E-state index is -3.97. The molecule has 2 fully saturated rings. The van der Waals surface area contributed by atoms with Crippen molar-refractivity contribution < 1.29 is 13.0 Å². The van der Waals surface area contributed by atoms with E-state index in [0.29, 0.717) is 0 Å². The van der Waals surface area contributed by atoms with Crippen LogP contribution in [0.4, 0.5) is 0 Å². The Balaban J connectivity index is 0.000000200. The van der Waals surface area contributed by atoms with Crippen molar-refractivity contribution in [1.82, 2.24) is 9.62 Å². The molecule has 1 aliphatic heterocycles. The molecule has 0 radical (unpaired) electrons. The van der Waals surface area contributed by atoms with Crippen LogP contribution in [0.1, 0.15) is 56.6 Å². The molecule has 0 unspecified atom stereocenters. The van der Waals surface area contributed by atoms with Gasteiger partial charge in [-0.3, -0.25) is 4.55 Å². The second kappa shape index (κ2) is 10.1.